The lowest BCUT2D eigenvalue weighted by Crippen LogP contribution is -2.08. The van der Waals surface area contributed by atoms with Crippen LogP contribution < -0.4 is 0 Å². The molecule has 0 heterocycles. The van der Waals surface area contributed by atoms with Gasteiger partial charge >= 0.3 is 5.97 Å². The Morgan fingerprint density at radius 3 is 2.44 bits per heavy atom. The molecule has 1 rings (SSSR count). The number of hydrogen-bond acceptors (Lipinski definition) is 4. The van der Waals surface area contributed by atoms with E-state index in [1.807, 2.05) is 19.9 Å². The summed E-state index contributed by atoms with van der Waals surface area (Å²) in [5.41, 5.74) is 3.60. The monoisotopic (exact) mass is 346 g/mol. The summed E-state index contributed by atoms with van der Waals surface area (Å²) in [6.07, 6.45) is 7.80. The molecule has 25 heavy (non-hydrogen) atoms. The fraction of sp³-hybridized carbons (Fsp3) is 0.476. The lowest BCUT2D eigenvalue weighted by Gasteiger charge is -2.14. The number of carbonyl (C=O) groups excluding carboxylic acids is 1. The van der Waals surface area contributed by atoms with E-state index >= 15 is 0 Å². The second kappa shape index (κ2) is 9.92. The minimum absolute atomic E-state index is 0.0157. The number of phenolic OH excluding ortho intramolecular Hbond substituents is 2. The third-order valence-corrected chi connectivity index (χ3v) is 4.12. The van der Waals surface area contributed by atoms with Gasteiger partial charge < -0.3 is 14.9 Å². The van der Waals surface area contributed by atoms with E-state index in [2.05, 4.69) is 19.9 Å². The van der Waals surface area contributed by atoms with Crippen molar-refractivity contribution in [2.45, 2.75) is 59.8 Å². The predicted molar refractivity (Wildman–Crippen MR) is 101 cm³/mol. The second-order valence-electron chi connectivity index (χ2n) is 6.57. The van der Waals surface area contributed by atoms with Crippen molar-refractivity contribution in [3.05, 3.63) is 46.1 Å². The van der Waals surface area contributed by atoms with E-state index in [0.29, 0.717) is 24.0 Å². The summed E-state index contributed by atoms with van der Waals surface area (Å²) < 4.78 is 4.80. The Hall–Kier alpha value is -2.23. The molecule has 0 aliphatic carbocycles. The number of aromatic hydroxyl groups is 2. The third kappa shape index (κ3) is 5.96. The molecule has 0 saturated heterocycles. The zero-order chi connectivity index (χ0) is 19.0. The highest BCUT2D eigenvalue weighted by Gasteiger charge is 2.22. The molecular weight excluding hydrogens is 316 g/mol. The van der Waals surface area contributed by atoms with Gasteiger partial charge in [-0.3, -0.25) is 0 Å². The summed E-state index contributed by atoms with van der Waals surface area (Å²) in [6.45, 7) is 8.14. The number of carbonyl (C=O) groups is 1. The molecular formula is C21H30O4. The molecule has 0 spiro atoms. The van der Waals surface area contributed by atoms with Gasteiger partial charge in [0.25, 0.3) is 0 Å². The van der Waals surface area contributed by atoms with Crippen LogP contribution in [0.25, 0.3) is 0 Å². The molecule has 4 nitrogen and oxygen atoms in total. The van der Waals surface area contributed by atoms with Gasteiger partial charge in [-0.05, 0) is 58.1 Å². The molecule has 0 aromatic heterocycles. The van der Waals surface area contributed by atoms with Crippen molar-refractivity contribution < 1.29 is 19.7 Å². The Kier molecular flexibility index (Phi) is 8.26. The molecule has 0 aliphatic rings. The van der Waals surface area contributed by atoms with E-state index in [4.69, 9.17) is 4.74 Å². The molecule has 0 fully saturated rings. The van der Waals surface area contributed by atoms with Crippen molar-refractivity contribution in [1.82, 2.24) is 0 Å². The second-order valence-corrected chi connectivity index (χ2v) is 6.57. The van der Waals surface area contributed by atoms with Gasteiger partial charge in [0.05, 0.1) is 7.11 Å². The molecule has 2 N–H and O–H groups in total. The average molecular weight is 346 g/mol. The molecule has 0 radical (unpaired) electrons. The van der Waals surface area contributed by atoms with Crippen LogP contribution >= 0.6 is 0 Å². The largest absolute Gasteiger partial charge is 0.508 e. The summed E-state index contributed by atoms with van der Waals surface area (Å²) >= 11 is 0. The molecule has 0 amide bonds. The van der Waals surface area contributed by atoms with E-state index < -0.39 is 5.97 Å². The van der Waals surface area contributed by atoms with Crippen molar-refractivity contribution in [1.29, 1.82) is 0 Å². The predicted octanol–water partition coefficient (Wildman–Crippen LogP) is 5.07. The summed E-state index contributed by atoms with van der Waals surface area (Å²) in [5.74, 6) is -0.739. The normalized spacial score (nSPS) is 11.3. The number of esters is 1. The van der Waals surface area contributed by atoms with Gasteiger partial charge in [-0.2, -0.15) is 0 Å². The number of benzene rings is 1. The molecule has 1 aromatic rings. The number of aryl methyl sites for hydroxylation is 1. The van der Waals surface area contributed by atoms with Gasteiger partial charge in [-0.1, -0.05) is 36.6 Å². The fourth-order valence-corrected chi connectivity index (χ4v) is 2.71. The van der Waals surface area contributed by atoms with Gasteiger partial charge in [0.2, 0.25) is 0 Å². The standard InChI is InChI=1S/C21H30O4/c1-6-8-16-13-18(22)17(20(23)19(16)21(24)25-5)12-11-15(4)10-7-9-14(2)3/h9,11,13,22-23H,6-8,10,12H2,1-5H3/b15-11+. The van der Waals surface area contributed by atoms with Crippen molar-refractivity contribution in [2.24, 2.45) is 0 Å². The van der Waals surface area contributed by atoms with Gasteiger partial charge in [-0.25, -0.2) is 4.79 Å². The maximum absolute atomic E-state index is 12.1. The topological polar surface area (TPSA) is 66.8 Å². The van der Waals surface area contributed by atoms with Crippen LogP contribution in [0.3, 0.4) is 0 Å². The van der Waals surface area contributed by atoms with Crippen molar-refractivity contribution in [3.63, 3.8) is 0 Å². The highest BCUT2D eigenvalue weighted by Crippen LogP contribution is 2.35. The Bertz CT molecular complexity index is 665. The Balaban J connectivity index is 3.11. The Labute approximate surface area is 150 Å². The van der Waals surface area contributed by atoms with Crippen LogP contribution in [0.15, 0.2) is 29.4 Å². The van der Waals surface area contributed by atoms with E-state index in [9.17, 15) is 15.0 Å². The maximum Gasteiger partial charge on any atom is 0.341 e. The van der Waals surface area contributed by atoms with Gasteiger partial charge in [0, 0.05) is 5.56 Å². The number of ether oxygens (including phenoxy) is 1. The minimum Gasteiger partial charge on any atom is -0.508 e. The van der Waals surface area contributed by atoms with Crippen molar-refractivity contribution in [3.8, 4) is 11.5 Å². The Morgan fingerprint density at radius 1 is 1.20 bits per heavy atom. The maximum atomic E-state index is 12.1. The van der Waals surface area contributed by atoms with Crippen LogP contribution in [-0.4, -0.2) is 23.3 Å². The first-order valence-electron chi connectivity index (χ1n) is 8.75. The van der Waals surface area contributed by atoms with Crippen LogP contribution in [0.2, 0.25) is 0 Å². The molecule has 0 atom stereocenters. The quantitative estimate of drug-likeness (QED) is 0.509. The average Bonchev–Trinajstić information content (AvgIpc) is 2.54. The van der Waals surface area contributed by atoms with Gasteiger partial charge in [-0.15, -0.1) is 0 Å². The summed E-state index contributed by atoms with van der Waals surface area (Å²) in [6, 6.07) is 1.57. The van der Waals surface area contributed by atoms with E-state index in [1.165, 1.54) is 18.3 Å². The van der Waals surface area contributed by atoms with Crippen LogP contribution in [0.1, 0.15) is 68.4 Å². The van der Waals surface area contributed by atoms with E-state index in [-0.39, 0.29) is 17.1 Å². The van der Waals surface area contributed by atoms with Gasteiger partial charge in [0.1, 0.15) is 17.1 Å². The highest BCUT2D eigenvalue weighted by atomic mass is 16.5. The Morgan fingerprint density at radius 2 is 1.88 bits per heavy atom. The lowest BCUT2D eigenvalue weighted by atomic mass is 9.95. The first-order valence-corrected chi connectivity index (χ1v) is 8.75. The zero-order valence-electron chi connectivity index (χ0n) is 16.0. The molecule has 138 valence electrons. The number of rotatable bonds is 8. The number of hydrogen-bond donors (Lipinski definition) is 2. The zero-order valence-corrected chi connectivity index (χ0v) is 16.0. The molecule has 0 saturated carbocycles. The fourth-order valence-electron chi connectivity index (χ4n) is 2.71. The lowest BCUT2D eigenvalue weighted by molar-refractivity contribution is 0.0596. The van der Waals surface area contributed by atoms with Crippen LogP contribution in [-0.2, 0) is 17.6 Å². The molecule has 0 aliphatic heterocycles. The van der Waals surface area contributed by atoms with Crippen molar-refractivity contribution in [2.75, 3.05) is 7.11 Å². The number of allylic oxidation sites excluding steroid dienone is 4. The van der Waals surface area contributed by atoms with E-state index in [0.717, 1.165) is 19.3 Å². The smallest absolute Gasteiger partial charge is 0.341 e. The first kappa shape index (κ1) is 20.8. The summed E-state index contributed by atoms with van der Waals surface area (Å²) in [7, 11) is 1.29. The molecule has 4 heteroatoms. The third-order valence-electron chi connectivity index (χ3n) is 4.12. The first-order chi connectivity index (χ1) is 11.8. The van der Waals surface area contributed by atoms with Crippen LogP contribution in [0.4, 0.5) is 0 Å². The van der Waals surface area contributed by atoms with E-state index in [1.54, 1.807) is 6.07 Å². The van der Waals surface area contributed by atoms with Crippen molar-refractivity contribution >= 4 is 5.97 Å². The number of phenols is 2. The summed E-state index contributed by atoms with van der Waals surface area (Å²) in [4.78, 5) is 12.1. The SMILES string of the molecule is CCCc1cc(O)c(C/C=C(\C)CCC=C(C)C)c(O)c1C(=O)OC. The number of methoxy groups -OCH3 is 1. The summed E-state index contributed by atoms with van der Waals surface area (Å²) in [5, 5.41) is 20.8. The molecule has 0 unspecified atom stereocenters. The minimum atomic E-state index is -0.577. The molecule has 1 aromatic carbocycles. The van der Waals surface area contributed by atoms with Gasteiger partial charge in [0.15, 0.2) is 0 Å². The highest BCUT2D eigenvalue weighted by molar-refractivity contribution is 5.95. The van der Waals surface area contributed by atoms with Crippen LogP contribution in [0, 0.1) is 0 Å². The van der Waals surface area contributed by atoms with Crippen LogP contribution in [0.5, 0.6) is 11.5 Å². The molecule has 0 bridgehead atoms.